The van der Waals surface area contributed by atoms with Crippen molar-refractivity contribution in [2.75, 3.05) is 64.9 Å². The fraction of sp³-hybridized carbons (Fsp3) is 0.522. The Morgan fingerprint density at radius 2 is 1.85 bits per heavy atom. The molecule has 1 aromatic carbocycles. The van der Waals surface area contributed by atoms with Crippen LogP contribution in [0.15, 0.2) is 45.9 Å². The lowest BCUT2D eigenvalue weighted by Crippen LogP contribution is -2.39. The van der Waals surface area contributed by atoms with Gasteiger partial charge in [-0.05, 0) is 56.3 Å². The zero-order valence-electron chi connectivity index (χ0n) is 19.2. The number of amides is 1. The molecule has 1 N–H and O–H groups in total. The Kier molecular flexibility index (Phi) is 7.38. The van der Waals surface area contributed by atoms with Crippen LogP contribution in [-0.2, 0) is 14.8 Å². The first kappa shape index (κ1) is 23.7. The molecule has 1 atom stereocenters. The third kappa shape index (κ3) is 5.24. The summed E-state index contributed by atoms with van der Waals surface area (Å²) in [6.07, 6.45) is 3.89. The molecule has 3 heterocycles. The van der Waals surface area contributed by atoms with Crippen molar-refractivity contribution in [1.82, 2.24) is 14.5 Å². The van der Waals surface area contributed by atoms with Gasteiger partial charge in [0, 0.05) is 39.4 Å². The molecule has 10 heteroatoms. The highest BCUT2D eigenvalue weighted by molar-refractivity contribution is 7.89. The number of carbonyl (C=O) groups is 1. The Balaban J connectivity index is 1.61. The Labute approximate surface area is 195 Å². The first-order valence-electron chi connectivity index (χ1n) is 11.3. The first-order chi connectivity index (χ1) is 15.9. The van der Waals surface area contributed by atoms with Gasteiger partial charge in [0.15, 0.2) is 0 Å². The van der Waals surface area contributed by atoms with Gasteiger partial charge in [-0.15, -0.1) is 0 Å². The number of sulfonamides is 1. The van der Waals surface area contributed by atoms with Crippen LogP contribution < -0.4 is 10.2 Å². The fourth-order valence-corrected chi connectivity index (χ4v) is 5.31. The predicted molar refractivity (Wildman–Crippen MR) is 125 cm³/mol. The molecule has 2 aliphatic rings. The number of nitrogens with one attached hydrogen (secondary N) is 1. The van der Waals surface area contributed by atoms with Crippen LogP contribution in [-0.4, -0.2) is 83.6 Å². The zero-order valence-corrected chi connectivity index (χ0v) is 20.0. The number of likely N-dealkylation sites (tertiary alicyclic amines) is 1. The monoisotopic (exact) mass is 476 g/mol. The van der Waals surface area contributed by atoms with Gasteiger partial charge in [0.25, 0.3) is 5.91 Å². The van der Waals surface area contributed by atoms with Crippen molar-refractivity contribution in [2.24, 2.45) is 0 Å². The van der Waals surface area contributed by atoms with Crippen LogP contribution in [0.1, 0.15) is 35.0 Å². The lowest BCUT2D eigenvalue weighted by molar-refractivity contribution is 0.0932. The fourth-order valence-electron chi connectivity index (χ4n) is 4.38. The average Bonchev–Trinajstić information content (AvgIpc) is 3.54. The van der Waals surface area contributed by atoms with E-state index in [1.165, 1.54) is 20.2 Å². The summed E-state index contributed by atoms with van der Waals surface area (Å²) < 4.78 is 37.7. The normalized spacial score (nSPS) is 18.6. The number of nitrogens with zero attached hydrogens (tertiary/aromatic N) is 3. The van der Waals surface area contributed by atoms with Crippen LogP contribution in [0.5, 0.6) is 0 Å². The van der Waals surface area contributed by atoms with E-state index in [9.17, 15) is 13.2 Å². The summed E-state index contributed by atoms with van der Waals surface area (Å²) in [5.74, 6) is 0.512. The van der Waals surface area contributed by atoms with Crippen molar-refractivity contribution in [2.45, 2.75) is 23.8 Å². The summed E-state index contributed by atoms with van der Waals surface area (Å²) in [5.41, 5.74) is 1.06. The number of hydrogen-bond acceptors (Lipinski definition) is 7. The predicted octanol–water partition coefficient (Wildman–Crippen LogP) is 1.93. The molecule has 2 fully saturated rings. The Morgan fingerprint density at radius 3 is 2.48 bits per heavy atom. The van der Waals surface area contributed by atoms with Crippen LogP contribution in [0, 0.1) is 0 Å². The number of hydrogen-bond donors (Lipinski definition) is 1. The van der Waals surface area contributed by atoms with E-state index in [1.54, 1.807) is 18.4 Å². The Hall–Kier alpha value is -2.40. The van der Waals surface area contributed by atoms with Crippen LogP contribution in [0.3, 0.4) is 0 Å². The van der Waals surface area contributed by atoms with Gasteiger partial charge >= 0.3 is 0 Å². The summed E-state index contributed by atoms with van der Waals surface area (Å²) in [6.45, 7) is 4.70. The summed E-state index contributed by atoms with van der Waals surface area (Å²) in [5, 5.41) is 3.04. The number of rotatable bonds is 8. The molecular weight excluding hydrogens is 444 g/mol. The second kappa shape index (κ2) is 10.3. The molecule has 4 rings (SSSR count). The van der Waals surface area contributed by atoms with Crippen LogP contribution in [0.4, 0.5) is 5.69 Å². The molecule has 180 valence electrons. The molecule has 2 saturated heterocycles. The van der Waals surface area contributed by atoms with E-state index >= 15 is 0 Å². The third-order valence-corrected chi connectivity index (χ3v) is 8.06. The molecule has 0 radical (unpaired) electrons. The molecule has 0 aliphatic carbocycles. The van der Waals surface area contributed by atoms with Crippen molar-refractivity contribution in [1.29, 1.82) is 0 Å². The van der Waals surface area contributed by atoms with E-state index in [2.05, 4.69) is 15.1 Å². The van der Waals surface area contributed by atoms with E-state index in [0.717, 1.165) is 36.0 Å². The Morgan fingerprint density at radius 1 is 1.12 bits per heavy atom. The number of furan rings is 1. The molecule has 1 amide bonds. The van der Waals surface area contributed by atoms with Gasteiger partial charge < -0.3 is 19.4 Å². The van der Waals surface area contributed by atoms with Crippen LogP contribution >= 0.6 is 0 Å². The van der Waals surface area contributed by atoms with E-state index in [0.29, 0.717) is 44.1 Å². The molecule has 1 unspecified atom stereocenters. The van der Waals surface area contributed by atoms with Gasteiger partial charge in [-0.2, -0.15) is 0 Å². The topological polar surface area (TPSA) is 95.3 Å². The van der Waals surface area contributed by atoms with Gasteiger partial charge in [-0.3, -0.25) is 9.69 Å². The highest BCUT2D eigenvalue weighted by Crippen LogP contribution is 2.28. The molecular formula is C23H32N4O5S. The standard InChI is InChI=1S/C23H32N4O5S/c1-25(2)33(29,30)18-7-8-20(27-11-14-31-15-12-27)19(16-18)23(28)24-17-21(22-6-5-13-32-22)26-9-3-4-10-26/h5-8,13,16,21H,3-4,9-12,14-15,17H2,1-2H3,(H,24,28). The molecule has 1 aromatic heterocycles. The SMILES string of the molecule is CN(C)S(=O)(=O)c1ccc(N2CCOCC2)c(C(=O)NCC(c2ccco2)N2CCCC2)c1. The first-order valence-corrected chi connectivity index (χ1v) is 12.8. The van der Waals surface area contributed by atoms with Gasteiger partial charge in [0.05, 0.1) is 36.0 Å². The number of morpholine rings is 1. The third-order valence-electron chi connectivity index (χ3n) is 6.25. The van der Waals surface area contributed by atoms with Crippen molar-refractivity contribution in [3.63, 3.8) is 0 Å². The van der Waals surface area contributed by atoms with Gasteiger partial charge in [0.2, 0.25) is 10.0 Å². The van der Waals surface area contributed by atoms with Crippen LogP contribution in [0.2, 0.25) is 0 Å². The van der Waals surface area contributed by atoms with Crippen LogP contribution in [0.25, 0.3) is 0 Å². The lowest BCUT2D eigenvalue weighted by Gasteiger charge is -2.31. The van der Waals surface area contributed by atoms with E-state index in [-0.39, 0.29) is 16.8 Å². The van der Waals surface area contributed by atoms with Crippen molar-refractivity contribution in [3.8, 4) is 0 Å². The number of carbonyl (C=O) groups excluding carboxylic acids is 1. The molecule has 0 saturated carbocycles. The maximum Gasteiger partial charge on any atom is 0.253 e. The van der Waals surface area contributed by atoms with Gasteiger partial charge in [0.1, 0.15) is 5.76 Å². The number of ether oxygens (including phenoxy) is 1. The number of anilines is 1. The van der Waals surface area contributed by atoms with Crippen molar-refractivity contribution >= 4 is 21.6 Å². The maximum atomic E-state index is 13.4. The molecule has 0 spiro atoms. The maximum absolute atomic E-state index is 13.4. The van der Waals surface area contributed by atoms with E-state index in [4.69, 9.17) is 9.15 Å². The molecule has 33 heavy (non-hydrogen) atoms. The highest BCUT2D eigenvalue weighted by atomic mass is 32.2. The van der Waals surface area contributed by atoms with Gasteiger partial charge in [-0.1, -0.05) is 0 Å². The van der Waals surface area contributed by atoms with Gasteiger partial charge in [-0.25, -0.2) is 12.7 Å². The van der Waals surface area contributed by atoms with Crippen molar-refractivity contribution in [3.05, 3.63) is 47.9 Å². The smallest absolute Gasteiger partial charge is 0.253 e. The average molecular weight is 477 g/mol. The summed E-state index contributed by atoms with van der Waals surface area (Å²) in [7, 11) is -0.711. The molecule has 9 nitrogen and oxygen atoms in total. The Bertz CT molecular complexity index is 1040. The highest BCUT2D eigenvalue weighted by Gasteiger charge is 2.28. The summed E-state index contributed by atoms with van der Waals surface area (Å²) >= 11 is 0. The second-order valence-electron chi connectivity index (χ2n) is 8.55. The molecule has 2 aliphatic heterocycles. The second-order valence-corrected chi connectivity index (χ2v) is 10.7. The largest absolute Gasteiger partial charge is 0.468 e. The minimum atomic E-state index is -3.67. The van der Waals surface area contributed by atoms with E-state index < -0.39 is 10.0 Å². The van der Waals surface area contributed by atoms with Crippen molar-refractivity contribution < 1.29 is 22.4 Å². The summed E-state index contributed by atoms with van der Waals surface area (Å²) in [6, 6.07) is 8.48. The molecule has 2 aromatic rings. The lowest BCUT2D eigenvalue weighted by atomic mass is 10.1. The quantitative estimate of drug-likeness (QED) is 0.622. The summed E-state index contributed by atoms with van der Waals surface area (Å²) in [4.78, 5) is 17.9. The zero-order chi connectivity index (χ0) is 23.4. The minimum absolute atomic E-state index is 0.0630. The number of benzene rings is 1. The molecule has 0 bridgehead atoms. The minimum Gasteiger partial charge on any atom is -0.468 e. The van der Waals surface area contributed by atoms with E-state index in [1.807, 2.05) is 12.1 Å².